The molecule has 0 bridgehead atoms. The van der Waals surface area contributed by atoms with Gasteiger partial charge in [-0.1, -0.05) is 6.92 Å². The van der Waals surface area contributed by atoms with Crippen LogP contribution in [0.1, 0.15) is 6.92 Å². The van der Waals surface area contributed by atoms with Crippen LogP contribution in [0.5, 0.6) is 0 Å². The van der Waals surface area contributed by atoms with Gasteiger partial charge in [0, 0.05) is 12.3 Å². The van der Waals surface area contributed by atoms with Gasteiger partial charge in [-0.15, -0.1) is 5.76 Å². The Morgan fingerprint density at radius 2 is 2.22 bits per heavy atom. The van der Waals surface area contributed by atoms with Gasteiger partial charge in [-0.25, -0.2) is 0 Å². The molecular weight excluding hydrogens is 244 g/mol. The van der Waals surface area contributed by atoms with Crippen LogP contribution < -0.4 is 21.2 Å². The molecule has 0 aliphatic carbocycles. The molecule has 0 amide bonds. The lowest BCUT2D eigenvalue weighted by atomic mass is 10.2. The zero-order valence-corrected chi connectivity index (χ0v) is 9.28. The summed E-state index contributed by atoms with van der Waals surface area (Å²) in [5, 5.41) is 40.1. The van der Waals surface area contributed by atoms with E-state index in [0.29, 0.717) is 0 Å². The van der Waals surface area contributed by atoms with E-state index >= 15 is 0 Å². The molecule has 9 nitrogen and oxygen atoms in total. The highest BCUT2D eigenvalue weighted by Gasteiger charge is 2.14. The Morgan fingerprint density at radius 3 is 2.72 bits per heavy atom. The van der Waals surface area contributed by atoms with Crippen molar-refractivity contribution in [2.45, 2.75) is 6.92 Å². The molecule has 0 spiro atoms. The number of hydrogen-bond donors (Lipinski definition) is 3. The van der Waals surface area contributed by atoms with Crippen molar-refractivity contribution in [2.24, 2.45) is 0 Å². The van der Waals surface area contributed by atoms with Crippen molar-refractivity contribution in [2.75, 3.05) is 10.7 Å². The lowest BCUT2D eigenvalue weighted by Gasteiger charge is -2.21. The van der Waals surface area contributed by atoms with Crippen LogP contribution in [0.15, 0.2) is 30.2 Å². The standard InChI is InChI=1S/C9H11N4O5/c1-6(14)5-10-11-8-3-2-7(12(15)16)4-9(8)13(17)18/h2-5,10-11,14-15H,1H3/q-1/p-1. The first-order valence-corrected chi connectivity index (χ1v) is 4.71. The summed E-state index contributed by atoms with van der Waals surface area (Å²) in [6.45, 7) is 1.30. The van der Waals surface area contributed by atoms with Gasteiger partial charge in [0.05, 0.1) is 10.6 Å². The van der Waals surface area contributed by atoms with Crippen LogP contribution in [0.3, 0.4) is 0 Å². The molecule has 1 rings (SSSR count). The maximum atomic E-state index is 10.8. The Hall–Kier alpha value is -2.52. The molecule has 0 fully saturated rings. The number of nitrogens with zero attached hydrogens (tertiary/aromatic N) is 2. The molecule has 0 unspecified atom stereocenters. The van der Waals surface area contributed by atoms with Gasteiger partial charge in [0.25, 0.3) is 5.69 Å². The molecule has 0 atom stereocenters. The average molecular weight is 254 g/mol. The van der Waals surface area contributed by atoms with E-state index in [1.54, 1.807) is 0 Å². The first kappa shape index (κ1) is 13.5. The summed E-state index contributed by atoms with van der Waals surface area (Å²) in [6.07, 6.45) is 1.07. The van der Waals surface area contributed by atoms with Gasteiger partial charge in [0.2, 0.25) is 0 Å². The normalized spacial score (nSPS) is 10.9. The molecule has 0 aliphatic rings. The maximum Gasteiger partial charge on any atom is 0.296 e. The number of allylic oxidation sites excluding steroid dienone is 1. The highest BCUT2D eigenvalue weighted by molar-refractivity contribution is 5.67. The second kappa shape index (κ2) is 5.70. The third-order valence-electron chi connectivity index (χ3n) is 1.88. The predicted octanol–water partition coefficient (Wildman–Crippen LogP) is 0.426. The van der Waals surface area contributed by atoms with E-state index in [4.69, 9.17) is 5.21 Å². The van der Waals surface area contributed by atoms with Gasteiger partial charge in [-0.05, 0) is 12.1 Å². The molecule has 0 aliphatic heterocycles. The molecule has 1 aromatic rings. The van der Waals surface area contributed by atoms with Crippen molar-refractivity contribution >= 4 is 17.1 Å². The quantitative estimate of drug-likeness (QED) is 0.390. The Labute approximate surface area is 102 Å². The Balaban J connectivity index is 2.97. The predicted molar refractivity (Wildman–Crippen MR) is 61.2 cm³/mol. The number of nitro benzene ring substituents is 1. The number of benzene rings is 1. The van der Waals surface area contributed by atoms with Crippen LogP contribution >= 0.6 is 0 Å². The smallest absolute Gasteiger partial charge is 0.296 e. The molecule has 1 aromatic carbocycles. The SMILES string of the molecule is CC([O-])=CNNc1ccc(N([O-])O)cc1[N+](=O)[O-]. The largest absolute Gasteiger partial charge is 0.875 e. The fourth-order valence-electron chi connectivity index (χ4n) is 1.11. The number of rotatable bonds is 5. The summed E-state index contributed by atoms with van der Waals surface area (Å²) in [7, 11) is 0. The summed E-state index contributed by atoms with van der Waals surface area (Å²) >= 11 is 0. The summed E-state index contributed by atoms with van der Waals surface area (Å²) in [6, 6.07) is 3.29. The van der Waals surface area contributed by atoms with E-state index in [0.717, 1.165) is 12.3 Å². The number of nitrogens with one attached hydrogen (secondary N) is 2. The number of anilines is 2. The van der Waals surface area contributed by atoms with E-state index in [1.807, 2.05) is 0 Å². The molecular formula is C9H10N4O5-2. The molecule has 98 valence electrons. The Morgan fingerprint density at radius 1 is 1.56 bits per heavy atom. The lowest BCUT2D eigenvalue weighted by molar-refractivity contribution is -0.383. The van der Waals surface area contributed by atoms with E-state index in [2.05, 4.69) is 10.9 Å². The van der Waals surface area contributed by atoms with Gasteiger partial charge in [0.1, 0.15) is 5.69 Å². The average Bonchev–Trinajstić information content (AvgIpc) is 2.28. The minimum atomic E-state index is -0.731. The van der Waals surface area contributed by atoms with Crippen LogP contribution in [0.25, 0.3) is 0 Å². The number of nitro groups is 1. The lowest BCUT2D eigenvalue weighted by Crippen LogP contribution is -2.18. The Bertz CT molecular complexity index is 470. The summed E-state index contributed by atoms with van der Waals surface area (Å²) in [4.78, 5) is 10.0. The van der Waals surface area contributed by atoms with E-state index in [9.17, 15) is 20.4 Å². The van der Waals surface area contributed by atoms with Gasteiger partial charge < -0.3 is 21.0 Å². The highest BCUT2D eigenvalue weighted by atomic mass is 16.8. The molecule has 0 saturated heterocycles. The second-order valence-electron chi connectivity index (χ2n) is 3.26. The third-order valence-corrected chi connectivity index (χ3v) is 1.88. The summed E-state index contributed by atoms with van der Waals surface area (Å²) < 4.78 is 0. The fraction of sp³-hybridized carbons (Fsp3) is 0.111. The molecule has 0 radical (unpaired) electrons. The van der Waals surface area contributed by atoms with Crippen LogP contribution in [0.4, 0.5) is 17.1 Å². The topological polar surface area (TPSA) is 137 Å². The third kappa shape index (κ3) is 3.50. The van der Waals surface area contributed by atoms with Crippen molar-refractivity contribution in [1.82, 2.24) is 5.43 Å². The zero-order valence-electron chi connectivity index (χ0n) is 9.28. The monoisotopic (exact) mass is 254 g/mol. The van der Waals surface area contributed by atoms with E-state index in [-0.39, 0.29) is 17.1 Å². The number of hydrazine groups is 1. The van der Waals surface area contributed by atoms with Crippen molar-refractivity contribution in [3.05, 3.63) is 45.5 Å². The van der Waals surface area contributed by atoms with Crippen LogP contribution in [0, 0.1) is 15.3 Å². The molecule has 18 heavy (non-hydrogen) atoms. The van der Waals surface area contributed by atoms with Gasteiger partial charge in [-0.2, -0.15) is 0 Å². The fourth-order valence-corrected chi connectivity index (χ4v) is 1.11. The van der Waals surface area contributed by atoms with E-state index in [1.165, 1.54) is 19.1 Å². The molecule has 0 heterocycles. The van der Waals surface area contributed by atoms with Crippen LogP contribution in [-0.4, -0.2) is 10.1 Å². The minimum Gasteiger partial charge on any atom is -0.875 e. The second-order valence-corrected chi connectivity index (χ2v) is 3.26. The van der Waals surface area contributed by atoms with Crippen molar-refractivity contribution < 1.29 is 15.2 Å². The van der Waals surface area contributed by atoms with Gasteiger partial charge >= 0.3 is 0 Å². The zero-order chi connectivity index (χ0) is 13.7. The molecule has 0 aromatic heterocycles. The minimum absolute atomic E-state index is 0.0445. The van der Waals surface area contributed by atoms with E-state index < -0.39 is 15.8 Å². The maximum absolute atomic E-state index is 10.8. The Kier molecular flexibility index (Phi) is 4.29. The van der Waals surface area contributed by atoms with Crippen molar-refractivity contribution in [1.29, 1.82) is 0 Å². The van der Waals surface area contributed by atoms with Gasteiger partial charge in [-0.3, -0.25) is 20.7 Å². The number of hydrogen-bond acceptors (Lipinski definition) is 8. The molecule has 0 saturated carbocycles. The highest BCUT2D eigenvalue weighted by Crippen LogP contribution is 2.28. The van der Waals surface area contributed by atoms with Crippen molar-refractivity contribution in [3.63, 3.8) is 0 Å². The van der Waals surface area contributed by atoms with Crippen LogP contribution in [0.2, 0.25) is 0 Å². The van der Waals surface area contributed by atoms with Crippen molar-refractivity contribution in [3.8, 4) is 0 Å². The van der Waals surface area contributed by atoms with Crippen LogP contribution in [-0.2, 0) is 0 Å². The first-order chi connectivity index (χ1) is 8.41. The van der Waals surface area contributed by atoms with Gasteiger partial charge in [0.15, 0.2) is 0 Å². The molecule has 9 heteroatoms. The summed E-state index contributed by atoms with van der Waals surface area (Å²) in [5.74, 6) is -0.275. The first-order valence-electron chi connectivity index (χ1n) is 4.71. The molecule has 3 N–H and O–H groups in total. The summed E-state index contributed by atoms with van der Waals surface area (Å²) in [5.41, 5.74) is 4.13.